The van der Waals surface area contributed by atoms with Gasteiger partial charge in [-0.25, -0.2) is 4.39 Å². The molecule has 0 N–H and O–H groups in total. The minimum Gasteiger partial charge on any atom is -0.462 e. The van der Waals surface area contributed by atoms with Crippen LogP contribution in [0.2, 0.25) is 0 Å². The van der Waals surface area contributed by atoms with Gasteiger partial charge in [-0.05, 0) is 60.8 Å². The lowest BCUT2D eigenvalue weighted by Crippen LogP contribution is -2.28. The van der Waals surface area contributed by atoms with Gasteiger partial charge in [-0.15, -0.1) is 11.3 Å². The van der Waals surface area contributed by atoms with Crippen LogP contribution < -0.4 is 4.90 Å². The van der Waals surface area contributed by atoms with Crippen LogP contribution in [0.4, 0.5) is 10.1 Å². The lowest BCUT2D eigenvalue weighted by atomic mass is 10.2. The number of amides is 1. The number of aryl methyl sites for hydroxylation is 1. The molecule has 0 bridgehead atoms. The number of hydrogen-bond donors (Lipinski definition) is 0. The molecular weight excluding hydrogens is 325 g/mol. The van der Waals surface area contributed by atoms with E-state index in [1.165, 1.54) is 18.2 Å². The maximum Gasteiger partial charge on any atom is 0.251 e. The average molecular weight is 341 g/mol. The van der Waals surface area contributed by atoms with Crippen LogP contribution in [0.3, 0.4) is 0 Å². The Morgan fingerprint density at radius 2 is 2.00 bits per heavy atom. The summed E-state index contributed by atoms with van der Waals surface area (Å²) < 4.78 is 18.6. The van der Waals surface area contributed by atoms with Crippen molar-refractivity contribution in [2.45, 2.75) is 13.5 Å². The summed E-state index contributed by atoms with van der Waals surface area (Å²) >= 11 is 1.57. The van der Waals surface area contributed by atoms with Crippen LogP contribution in [0.25, 0.3) is 6.08 Å². The zero-order valence-corrected chi connectivity index (χ0v) is 13.9. The summed E-state index contributed by atoms with van der Waals surface area (Å²) in [6, 6.07) is 13.5. The predicted octanol–water partition coefficient (Wildman–Crippen LogP) is 5.04. The molecule has 3 rings (SSSR count). The first-order valence-corrected chi connectivity index (χ1v) is 8.34. The molecule has 0 spiro atoms. The van der Waals surface area contributed by atoms with E-state index in [0.29, 0.717) is 18.0 Å². The second kappa shape index (κ2) is 7.27. The van der Waals surface area contributed by atoms with Crippen molar-refractivity contribution in [3.63, 3.8) is 0 Å². The van der Waals surface area contributed by atoms with Gasteiger partial charge < -0.3 is 9.32 Å². The molecule has 5 heteroatoms. The number of nitrogens with zero attached hydrogens (tertiary/aromatic N) is 1. The largest absolute Gasteiger partial charge is 0.462 e. The minimum absolute atomic E-state index is 0.191. The molecule has 2 aromatic heterocycles. The fraction of sp³-hybridized carbons (Fsp3) is 0.105. The highest BCUT2D eigenvalue weighted by atomic mass is 32.1. The van der Waals surface area contributed by atoms with Crippen LogP contribution in [0.5, 0.6) is 0 Å². The number of hydrogen-bond acceptors (Lipinski definition) is 3. The molecule has 122 valence electrons. The summed E-state index contributed by atoms with van der Waals surface area (Å²) in [5.41, 5.74) is 0.648. The van der Waals surface area contributed by atoms with E-state index in [-0.39, 0.29) is 11.7 Å². The molecule has 0 aliphatic rings. The van der Waals surface area contributed by atoms with Gasteiger partial charge >= 0.3 is 0 Å². The fourth-order valence-corrected chi connectivity index (χ4v) is 2.95. The van der Waals surface area contributed by atoms with Crippen LogP contribution >= 0.6 is 11.3 Å². The molecule has 1 amide bonds. The molecule has 3 aromatic rings. The van der Waals surface area contributed by atoms with Crippen molar-refractivity contribution in [1.82, 2.24) is 0 Å². The Hall–Kier alpha value is -2.66. The van der Waals surface area contributed by atoms with E-state index < -0.39 is 0 Å². The van der Waals surface area contributed by atoms with E-state index >= 15 is 0 Å². The van der Waals surface area contributed by atoms with Crippen molar-refractivity contribution in [3.05, 3.63) is 82.2 Å². The van der Waals surface area contributed by atoms with Gasteiger partial charge in [-0.3, -0.25) is 4.79 Å². The van der Waals surface area contributed by atoms with Crippen LogP contribution in [0, 0.1) is 12.7 Å². The summed E-state index contributed by atoms with van der Waals surface area (Å²) in [5, 5.41) is 1.96. The quantitative estimate of drug-likeness (QED) is 0.610. The molecular formula is C19H16FNO2S. The Morgan fingerprint density at radius 3 is 2.62 bits per heavy atom. The molecule has 0 saturated heterocycles. The SMILES string of the molecule is Cc1ccc(/C=C/C(=O)N(Cc2cccs2)c2ccc(F)cc2)o1. The Bertz CT molecular complexity index is 835. The second-order valence-electron chi connectivity index (χ2n) is 5.26. The monoisotopic (exact) mass is 341 g/mol. The fourth-order valence-electron chi connectivity index (χ4n) is 2.26. The Balaban J connectivity index is 1.84. The van der Waals surface area contributed by atoms with Gasteiger partial charge in [0.1, 0.15) is 17.3 Å². The first kappa shape index (κ1) is 16.2. The van der Waals surface area contributed by atoms with Crippen molar-refractivity contribution in [3.8, 4) is 0 Å². The topological polar surface area (TPSA) is 33.5 Å². The van der Waals surface area contributed by atoms with Gasteiger partial charge in [0.2, 0.25) is 0 Å². The lowest BCUT2D eigenvalue weighted by molar-refractivity contribution is -0.114. The molecule has 0 aliphatic carbocycles. The number of carbonyl (C=O) groups is 1. The zero-order valence-electron chi connectivity index (χ0n) is 13.1. The Morgan fingerprint density at radius 1 is 1.21 bits per heavy atom. The molecule has 0 atom stereocenters. The van der Waals surface area contributed by atoms with Crippen LogP contribution in [-0.2, 0) is 11.3 Å². The summed E-state index contributed by atoms with van der Waals surface area (Å²) in [6.45, 7) is 2.28. The first-order chi connectivity index (χ1) is 11.6. The molecule has 0 radical (unpaired) electrons. The molecule has 24 heavy (non-hydrogen) atoms. The third kappa shape index (κ3) is 4.00. The Kier molecular flexibility index (Phi) is 4.91. The van der Waals surface area contributed by atoms with E-state index in [1.54, 1.807) is 40.5 Å². The van der Waals surface area contributed by atoms with Crippen molar-refractivity contribution < 1.29 is 13.6 Å². The number of rotatable bonds is 5. The molecule has 2 heterocycles. The lowest BCUT2D eigenvalue weighted by Gasteiger charge is -2.20. The maximum atomic E-state index is 13.2. The van der Waals surface area contributed by atoms with Crippen LogP contribution in [0.15, 0.2) is 64.4 Å². The Labute approximate surface area is 143 Å². The number of carbonyl (C=O) groups excluding carboxylic acids is 1. The molecule has 3 nitrogen and oxygen atoms in total. The summed E-state index contributed by atoms with van der Waals surface area (Å²) in [4.78, 5) is 15.3. The van der Waals surface area contributed by atoms with Gasteiger partial charge in [0.25, 0.3) is 5.91 Å². The van der Waals surface area contributed by atoms with Gasteiger partial charge in [0.05, 0.1) is 6.54 Å². The highest BCUT2D eigenvalue weighted by Gasteiger charge is 2.15. The van der Waals surface area contributed by atoms with Crippen molar-refractivity contribution in [1.29, 1.82) is 0 Å². The van der Waals surface area contributed by atoms with Crippen molar-refractivity contribution in [2.75, 3.05) is 4.90 Å². The highest BCUT2D eigenvalue weighted by molar-refractivity contribution is 7.09. The number of halogens is 1. The summed E-state index contributed by atoms with van der Waals surface area (Å²) in [5.74, 6) is 0.889. The van der Waals surface area contributed by atoms with Gasteiger partial charge in [-0.2, -0.15) is 0 Å². The summed E-state index contributed by atoms with van der Waals surface area (Å²) in [6.07, 6.45) is 3.11. The van der Waals surface area contributed by atoms with Crippen molar-refractivity contribution in [2.24, 2.45) is 0 Å². The normalized spacial score (nSPS) is 11.1. The van der Waals surface area contributed by atoms with Crippen LogP contribution in [-0.4, -0.2) is 5.91 Å². The van der Waals surface area contributed by atoms with Gasteiger partial charge in [0.15, 0.2) is 0 Å². The smallest absolute Gasteiger partial charge is 0.251 e. The maximum absolute atomic E-state index is 13.2. The third-order valence-corrected chi connectivity index (χ3v) is 4.31. The van der Waals surface area contributed by atoms with Crippen molar-refractivity contribution >= 4 is 29.0 Å². The molecule has 1 aromatic carbocycles. The first-order valence-electron chi connectivity index (χ1n) is 7.46. The van der Waals surface area contributed by atoms with E-state index in [2.05, 4.69) is 0 Å². The number of anilines is 1. The van der Waals surface area contributed by atoms with E-state index in [9.17, 15) is 9.18 Å². The molecule has 0 fully saturated rings. The second-order valence-corrected chi connectivity index (χ2v) is 6.29. The molecule has 0 aliphatic heterocycles. The van der Waals surface area contributed by atoms with Gasteiger partial charge in [0, 0.05) is 16.6 Å². The summed E-state index contributed by atoms with van der Waals surface area (Å²) in [7, 11) is 0. The highest BCUT2D eigenvalue weighted by Crippen LogP contribution is 2.21. The predicted molar refractivity (Wildman–Crippen MR) is 94.4 cm³/mol. The van der Waals surface area contributed by atoms with E-state index in [4.69, 9.17) is 4.42 Å². The number of furan rings is 1. The van der Waals surface area contributed by atoms with E-state index in [1.807, 2.05) is 30.5 Å². The van der Waals surface area contributed by atoms with E-state index in [0.717, 1.165) is 10.6 Å². The van der Waals surface area contributed by atoms with Crippen LogP contribution in [0.1, 0.15) is 16.4 Å². The molecule has 0 unspecified atom stereocenters. The number of thiophene rings is 1. The van der Waals surface area contributed by atoms with Gasteiger partial charge in [-0.1, -0.05) is 6.07 Å². The third-order valence-electron chi connectivity index (χ3n) is 3.45. The minimum atomic E-state index is -0.330. The zero-order chi connectivity index (χ0) is 16.9. The number of benzene rings is 1. The standard InChI is InChI=1S/C19H16FNO2S/c1-14-4-9-17(23-14)10-11-19(22)21(13-18-3-2-12-24-18)16-7-5-15(20)6-8-16/h2-12H,13H2,1H3/b11-10+. The molecule has 0 saturated carbocycles. The average Bonchev–Trinajstić information content (AvgIpc) is 3.23.